The summed E-state index contributed by atoms with van der Waals surface area (Å²) >= 11 is 12.3. The summed E-state index contributed by atoms with van der Waals surface area (Å²) in [6.07, 6.45) is 0.957. The van der Waals surface area contributed by atoms with E-state index < -0.39 is 54.3 Å². The summed E-state index contributed by atoms with van der Waals surface area (Å²) < 4.78 is 16.8. The Labute approximate surface area is 334 Å². The van der Waals surface area contributed by atoms with E-state index >= 15 is 0 Å². The lowest BCUT2D eigenvalue weighted by Gasteiger charge is -2.34. The number of carbonyl (C=O) groups is 5. The highest BCUT2D eigenvalue weighted by Gasteiger charge is 2.41. The van der Waals surface area contributed by atoms with Crippen LogP contribution in [0.5, 0.6) is 0 Å². The number of ether oxygens (including phenoxy) is 3. The fraction of sp³-hybridized carbons (Fsp3) is 0.575. The predicted molar refractivity (Wildman–Crippen MR) is 212 cm³/mol. The summed E-state index contributed by atoms with van der Waals surface area (Å²) in [5.74, 6) is -2.23. The van der Waals surface area contributed by atoms with Crippen molar-refractivity contribution in [2.45, 2.75) is 111 Å². The van der Waals surface area contributed by atoms with Gasteiger partial charge in [0.1, 0.15) is 24.7 Å². The maximum atomic E-state index is 14.2. The van der Waals surface area contributed by atoms with Crippen molar-refractivity contribution in [1.29, 1.82) is 0 Å². The van der Waals surface area contributed by atoms with Crippen LogP contribution >= 0.6 is 23.2 Å². The molecule has 3 rings (SSSR count). The average molecular weight is 807 g/mol. The molecular formula is C40H57Cl2N5O8. The number of alkyl carbamates (subject to hydrolysis) is 1. The molecule has 1 aliphatic heterocycles. The van der Waals surface area contributed by atoms with Crippen LogP contribution in [0.1, 0.15) is 89.6 Å². The summed E-state index contributed by atoms with van der Waals surface area (Å²) in [4.78, 5) is 69.0. The number of halogens is 2. The lowest BCUT2D eigenvalue weighted by molar-refractivity contribution is -0.166. The molecule has 0 radical (unpaired) electrons. The Morgan fingerprint density at radius 2 is 1.56 bits per heavy atom. The molecule has 2 aromatic rings. The second kappa shape index (κ2) is 23.2. The van der Waals surface area contributed by atoms with Gasteiger partial charge < -0.3 is 40.4 Å². The smallest absolute Gasteiger partial charge is 0.407 e. The first-order valence-electron chi connectivity index (χ1n) is 19.1. The summed E-state index contributed by atoms with van der Waals surface area (Å²) in [7, 11) is 0. The Morgan fingerprint density at radius 3 is 2.18 bits per heavy atom. The Balaban J connectivity index is 1.70. The van der Waals surface area contributed by atoms with Crippen LogP contribution in [0.4, 0.5) is 4.79 Å². The van der Waals surface area contributed by atoms with Gasteiger partial charge in [-0.25, -0.2) is 4.79 Å². The molecule has 0 unspecified atom stereocenters. The molecule has 15 heteroatoms. The number of nitrogens with one attached hydrogen (secondary N) is 4. The SMILES string of the molecule is CCOC(OCC)[C@@H](NC(=O)[C@@H]1CCCN1C(=O)[C@@H](NC(=O)[C@H](CCCCNC(=O)OCc1ccccc1)NC(=O)c1ccc(Cl)cc1Cl)C(C)C)C(C)C. The van der Waals surface area contributed by atoms with Crippen molar-refractivity contribution in [2.24, 2.45) is 11.8 Å². The number of unbranched alkanes of at least 4 members (excludes halogenated alkanes) is 1. The lowest BCUT2D eigenvalue weighted by atomic mass is 10.00. The molecule has 1 fully saturated rings. The number of hydrogen-bond acceptors (Lipinski definition) is 8. The van der Waals surface area contributed by atoms with E-state index in [1.54, 1.807) is 13.8 Å². The van der Waals surface area contributed by atoms with E-state index in [9.17, 15) is 24.0 Å². The average Bonchev–Trinajstić information content (AvgIpc) is 3.64. The minimum atomic E-state index is -1.06. The summed E-state index contributed by atoms with van der Waals surface area (Å²) in [5, 5.41) is 11.9. The van der Waals surface area contributed by atoms with Gasteiger partial charge in [-0.15, -0.1) is 0 Å². The number of benzene rings is 2. The van der Waals surface area contributed by atoms with Crippen LogP contribution in [0, 0.1) is 11.8 Å². The third kappa shape index (κ3) is 14.3. The molecule has 304 valence electrons. The zero-order valence-electron chi connectivity index (χ0n) is 32.7. The van der Waals surface area contributed by atoms with Crippen LogP contribution in [0.25, 0.3) is 0 Å². The van der Waals surface area contributed by atoms with Gasteiger partial charge in [-0.2, -0.15) is 0 Å². The molecule has 55 heavy (non-hydrogen) atoms. The van der Waals surface area contributed by atoms with Gasteiger partial charge in [0.05, 0.1) is 16.6 Å². The molecular weight excluding hydrogens is 749 g/mol. The van der Waals surface area contributed by atoms with E-state index in [1.165, 1.54) is 23.1 Å². The van der Waals surface area contributed by atoms with Gasteiger partial charge in [0, 0.05) is 31.3 Å². The Bertz CT molecular complexity index is 1560. The van der Waals surface area contributed by atoms with Crippen LogP contribution in [-0.4, -0.2) is 91.4 Å². The molecule has 0 saturated carbocycles. The van der Waals surface area contributed by atoms with E-state index in [-0.39, 0.29) is 47.9 Å². The highest BCUT2D eigenvalue weighted by atomic mass is 35.5. The minimum absolute atomic E-state index is 0.0144. The number of nitrogens with zero attached hydrogens (tertiary/aromatic N) is 1. The Kier molecular flexibility index (Phi) is 19.2. The second-order valence-corrected chi connectivity index (χ2v) is 15.0. The van der Waals surface area contributed by atoms with E-state index in [0.29, 0.717) is 50.5 Å². The molecule has 1 saturated heterocycles. The van der Waals surface area contributed by atoms with Crippen LogP contribution in [0.2, 0.25) is 10.0 Å². The molecule has 5 amide bonds. The predicted octanol–water partition coefficient (Wildman–Crippen LogP) is 5.86. The van der Waals surface area contributed by atoms with Crippen molar-refractivity contribution in [2.75, 3.05) is 26.3 Å². The van der Waals surface area contributed by atoms with E-state index in [4.69, 9.17) is 37.4 Å². The van der Waals surface area contributed by atoms with E-state index in [2.05, 4.69) is 21.3 Å². The van der Waals surface area contributed by atoms with Crippen molar-refractivity contribution in [1.82, 2.24) is 26.2 Å². The van der Waals surface area contributed by atoms with Crippen LogP contribution in [0.3, 0.4) is 0 Å². The highest BCUT2D eigenvalue weighted by molar-refractivity contribution is 6.36. The van der Waals surface area contributed by atoms with Crippen LogP contribution in [0.15, 0.2) is 48.5 Å². The minimum Gasteiger partial charge on any atom is -0.445 e. The largest absolute Gasteiger partial charge is 0.445 e. The van der Waals surface area contributed by atoms with E-state index in [0.717, 1.165) is 5.56 Å². The zero-order chi connectivity index (χ0) is 40.5. The van der Waals surface area contributed by atoms with Crippen LogP contribution in [-0.2, 0) is 35.2 Å². The molecule has 0 aliphatic carbocycles. The van der Waals surface area contributed by atoms with Gasteiger partial charge in [0.25, 0.3) is 5.91 Å². The monoisotopic (exact) mass is 805 g/mol. The molecule has 0 bridgehead atoms. The van der Waals surface area contributed by atoms with Crippen molar-refractivity contribution in [3.05, 3.63) is 69.7 Å². The maximum absolute atomic E-state index is 14.2. The Hall–Kier alpha value is -3.91. The standard InChI is InChI=1S/C40H57Cl2N5O8/c1-7-53-39(54-8-2)34(26(5)6)46-37(50)32-18-14-22-47(32)38(51)33(25(3)4)45-36(49)31(44-35(48)29-20-19-28(41)23-30(29)42)17-12-13-21-43-40(52)55-24-27-15-10-9-11-16-27/h9-11,15-16,19-20,23,25-26,31-34,39H,7-8,12-14,17-18,21-22,24H2,1-6H3,(H,43,52)(H,44,48)(H,45,49)(H,46,50)/t31-,32-,33-,34-/m0/s1. The number of likely N-dealkylation sites (tertiary alicyclic amines) is 1. The third-order valence-electron chi connectivity index (χ3n) is 9.25. The topological polar surface area (TPSA) is 164 Å². The number of amides is 5. The summed E-state index contributed by atoms with van der Waals surface area (Å²) in [5.41, 5.74) is 0.988. The first-order valence-corrected chi connectivity index (χ1v) is 19.9. The van der Waals surface area contributed by atoms with Gasteiger partial charge in [0.15, 0.2) is 6.29 Å². The van der Waals surface area contributed by atoms with Gasteiger partial charge >= 0.3 is 6.09 Å². The van der Waals surface area contributed by atoms with Gasteiger partial charge in [-0.3, -0.25) is 19.2 Å². The molecule has 4 atom stereocenters. The van der Waals surface area contributed by atoms with Crippen LogP contribution < -0.4 is 21.3 Å². The number of rotatable bonds is 21. The van der Waals surface area contributed by atoms with Gasteiger partial charge in [-0.1, -0.05) is 81.2 Å². The molecule has 1 aliphatic rings. The summed E-state index contributed by atoms with van der Waals surface area (Å²) in [6.45, 7) is 12.8. The highest BCUT2D eigenvalue weighted by Crippen LogP contribution is 2.23. The zero-order valence-corrected chi connectivity index (χ0v) is 34.2. The lowest BCUT2D eigenvalue weighted by Crippen LogP contribution is -2.59. The van der Waals surface area contributed by atoms with Gasteiger partial charge in [-0.05, 0) is 81.5 Å². The molecule has 0 spiro atoms. The fourth-order valence-electron chi connectivity index (χ4n) is 6.26. The van der Waals surface area contributed by atoms with E-state index in [1.807, 2.05) is 58.0 Å². The molecule has 1 heterocycles. The Morgan fingerprint density at radius 1 is 0.873 bits per heavy atom. The first kappa shape index (κ1) is 45.5. The summed E-state index contributed by atoms with van der Waals surface area (Å²) in [6, 6.07) is 10.5. The molecule has 2 aromatic carbocycles. The second-order valence-electron chi connectivity index (χ2n) is 14.1. The normalized spacial score (nSPS) is 15.8. The first-order chi connectivity index (χ1) is 26.3. The quantitative estimate of drug-likeness (QED) is 0.0901. The fourth-order valence-corrected chi connectivity index (χ4v) is 6.75. The van der Waals surface area contributed by atoms with Crippen molar-refractivity contribution in [3.8, 4) is 0 Å². The van der Waals surface area contributed by atoms with Crippen molar-refractivity contribution >= 4 is 52.9 Å². The molecule has 0 aromatic heterocycles. The number of carbonyl (C=O) groups excluding carboxylic acids is 5. The van der Waals surface area contributed by atoms with Crippen molar-refractivity contribution in [3.63, 3.8) is 0 Å². The van der Waals surface area contributed by atoms with Gasteiger partial charge in [0.2, 0.25) is 17.7 Å². The molecule has 4 N–H and O–H groups in total. The molecule has 13 nitrogen and oxygen atoms in total. The maximum Gasteiger partial charge on any atom is 0.407 e. The van der Waals surface area contributed by atoms with Crippen molar-refractivity contribution < 1.29 is 38.2 Å². The third-order valence-corrected chi connectivity index (χ3v) is 9.80. The number of hydrogen-bond donors (Lipinski definition) is 4.